The number of rotatable bonds is 5. The van der Waals surface area contributed by atoms with Gasteiger partial charge in [0.2, 0.25) is 0 Å². The molecule has 2 aliphatic heterocycles. The van der Waals surface area contributed by atoms with E-state index in [1.165, 1.54) is 7.11 Å². The van der Waals surface area contributed by atoms with Gasteiger partial charge < -0.3 is 29.2 Å². The number of nitrogens with one attached hydrogen (secondary N) is 1. The van der Waals surface area contributed by atoms with E-state index < -0.39 is 6.09 Å². The summed E-state index contributed by atoms with van der Waals surface area (Å²) in [6.07, 6.45) is 3.02. The summed E-state index contributed by atoms with van der Waals surface area (Å²) in [7, 11) is 3.50. The van der Waals surface area contributed by atoms with Gasteiger partial charge in [0.25, 0.3) is 5.17 Å². The number of hydrogen-bond acceptors (Lipinski definition) is 7. The highest BCUT2D eigenvalue weighted by Gasteiger charge is 2.32. The van der Waals surface area contributed by atoms with Gasteiger partial charge in [-0.25, -0.2) is 9.78 Å². The number of ether oxygens (including phenoxy) is 2. The van der Waals surface area contributed by atoms with Gasteiger partial charge >= 0.3 is 6.09 Å². The Morgan fingerprint density at radius 3 is 2.66 bits per heavy atom. The maximum atomic E-state index is 12.3. The van der Waals surface area contributed by atoms with Gasteiger partial charge in [-0.3, -0.25) is 4.90 Å². The molecule has 11 heteroatoms. The number of anilines is 2. The fraction of sp³-hybridized carbons (Fsp3) is 0.429. The van der Waals surface area contributed by atoms with Gasteiger partial charge in [0, 0.05) is 39.4 Å². The molecule has 0 radical (unpaired) electrons. The Morgan fingerprint density at radius 1 is 1.25 bits per heavy atom. The molecule has 0 saturated carbocycles. The molecule has 170 valence electrons. The van der Waals surface area contributed by atoms with E-state index in [9.17, 15) is 4.79 Å². The van der Waals surface area contributed by atoms with Crippen molar-refractivity contribution in [3.63, 3.8) is 0 Å². The Bertz CT molecular complexity index is 988. The van der Waals surface area contributed by atoms with E-state index in [4.69, 9.17) is 33.9 Å². The smallest absolute Gasteiger partial charge is 0.414 e. The van der Waals surface area contributed by atoms with Crippen molar-refractivity contribution in [2.45, 2.75) is 6.10 Å². The van der Waals surface area contributed by atoms with Crippen LogP contribution in [0.1, 0.15) is 5.69 Å². The average molecular weight is 475 g/mol. The molecule has 0 spiro atoms. The molecular weight excluding hydrogens is 448 g/mol. The second-order valence-corrected chi connectivity index (χ2v) is 8.40. The predicted octanol–water partition coefficient (Wildman–Crippen LogP) is 1.76. The summed E-state index contributed by atoms with van der Waals surface area (Å²) in [5.74, 6) is 0.884. The summed E-state index contributed by atoms with van der Waals surface area (Å²) in [5.41, 5.74) is 1.77. The maximum absolute atomic E-state index is 12.3. The molecule has 1 atom stereocenters. The van der Waals surface area contributed by atoms with Crippen LogP contribution in [0.3, 0.4) is 0 Å². The molecule has 4 rings (SSSR count). The van der Waals surface area contributed by atoms with E-state index in [-0.39, 0.29) is 11.3 Å². The zero-order valence-electron chi connectivity index (χ0n) is 18.1. The molecule has 1 amide bonds. The number of aromatic nitrogens is 2. The Morgan fingerprint density at radius 2 is 2.03 bits per heavy atom. The van der Waals surface area contributed by atoms with Crippen LogP contribution in [0.15, 0.2) is 36.7 Å². The summed E-state index contributed by atoms with van der Waals surface area (Å²) >= 11 is 10.6. The fourth-order valence-corrected chi connectivity index (χ4v) is 4.29. The van der Waals surface area contributed by atoms with Crippen LogP contribution in [0.25, 0.3) is 0 Å². The van der Waals surface area contributed by atoms with Crippen LogP contribution >= 0.6 is 24.4 Å². The number of methoxy groups -OCH3 is 1. The number of aryl methyl sites for hydroxylation is 1. The number of nitrogens with zero attached hydrogens (tertiary/aromatic N) is 5. The maximum Gasteiger partial charge on any atom is 0.414 e. The minimum atomic E-state index is -0.391. The summed E-state index contributed by atoms with van der Waals surface area (Å²) in [5, 5.41) is 3.18. The largest absolute Gasteiger partial charge is 0.474 e. The van der Waals surface area contributed by atoms with Crippen LogP contribution in [0.2, 0.25) is 0 Å². The van der Waals surface area contributed by atoms with Gasteiger partial charge in [0.15, 0.2) is 0 Å². The first-order valence-electron chi connectivity index (χ1n) is 10.4. The molecule has 2 saturated heterocycles. The lowest BCUT2D eigenvalue weighted by Crippen LogP contribution is -2.49. The van der Waals surface area contributed by atoms with Crippen LogP contribution in [0.5, 0.6) is 0 Å². The molecule has 0 aliphatic carbocycles. The predicted molar refractivity (Wildman–Crippen MR) is 130 cm³/mol. The summed E-state index contributed by atoms with van der Waals surface area (Å²) in [6, 6.07) is 7.90. The second-order valence-electron chi connectivity index (χ2n) is 7.65. The average Bonchev–Trinajstić information content (AvgIpc) is 3.42. The molecule has 1 N–H and O–H groups in total. The van der Waals surface area contributed by atoms with Crippen molar-refractivity contribution in [3.8, 4) is 0 Å². The number of thiocarbonyl (C=S) groups is 2. The lowest BCUT2D eigenvalue weighted by Gasteiger charge is -2.37. The van der Waals surface area contributed by atoms with Crippen molar-refractivity contribution >= 4 is 52.2 Å². The van der Waals surface area contributed by atoms with E-state index in [2.05, 4.69) is 20.1 Å². The lowest BCUT2D eigenvalue weighted by molar-refractivity contribution is 0.142. The van der Waals surface area contributed by atoms with E-state index in [0.717, 1.165) is 42.7 Å². The number of carbonyl (C=O) groups is 1. The van der Waals surface area contributed by atoms with Crippen molar-refractivity contribution in [1.82, 2.24) is 19.8 Å². The first-order chi connectivity index (χ1) is 15.5. The third-order valence-corrected chi connectivity index (χ3v) is 6.41. The highest BCUT2D eigenvalue weighted by Crippen LogP contribution is 2.23. The minimum Gasteiger partial charge on any atom is -0.474 e. The molecule has 32 heavy (non-hydrogen) atoms. The van der Waals surface area contributed by atoms with E-state index in [1.54, 1.807) is 11.1 Å². The zero-order valence-corrected chi connectivity index (χ0v) is 19.7. The quantitative estimate of drug-likeness (QED) is 0.653. The third kappa shape index (κ3) is 4.78. The van der Waals surface area contributed by atoms with Crippen molar-refractivity contribution in [2.24, 2.45) is 7.05 Å². The van der Waals surface area contributed by atoms with Crippen LogP contribution in [-0.4, -0.2) is 83.2 Å². The number of amides is 1. The molecule has 2 aromatic rings. The van der Waals surface area contributed by atoms with Crippen LogP contribution in [-0.2, 0) is 16.5 Å². The van der Waals surface area contributed by atoms with Crippen molar-refractivity contribution in [1.29, 1.82) is 0 Å². The van der Waals surface area contributed by atoms with Gasteiger partial charge in [0.1, 0.15) is 16.9 Å². The highest BCUT2D eigenvalue weighted by atomic mass is 32.1. The summed E-state index contributed by atoms with van der Waals surface area (Å²) in [4.78, 5) is 23.8. The van der Waals surface area contributed by atoms with E-state index in [1.807, 2.05) is 42.1 Å². The van der Waals surface area contributed by atoms with E-state index >= 15 is 0 Å². The number of piperazine rings is 1. The SMILES string of the molecule is COC(=S)NCC1CN(c2ccc(N3CCN(C(=S)c4cccn4C)CC3)nc2)C(=O)O1. The van der Waals surface area contributed by atoms with Crippen LogP contribution in [0.4, 0.5) is 16.3 Å². The monoisotopic (exact) mass is 474 g/mol. The number of cyclic esters (lactones) is 1. The number of hydrogen-bond donors (Lipinski definition) is 1. The molecule has 1 unspecified atom stereocenters. The molecular formula is C21H26N6O3S2. The van der Waals surface area contributed by atoms with Gasteiger partial charge in [0.05, 0.1) is 37.8 Å². The molecule has 0 bridgehead atoms. The zero-order chi connectivity index (χ0) is 22.7. The molecule has 0 aromatic carbocycles. The third-order valence-electron chi connectivity index (χ3n) is 5.63. The topological polar surface area (TPSA) is 75.1 Å². The van der Waals surface area contributed by atoms with Gasteiger partial charge in [-0.15, -0.1) is 0 Å². The standard InChI is InChI=1S/C21H26N6O3S2/c1-24-7-3-4-17(24)19(31)26-10-8-25(9-11-26)18-6-5-15(12-22-18)27-14-16(30-21(27)28)13-23-20(32)29-2/h3-7,12,16H,8-11,13-14H2,1-2H3,(H,23,32). The Balaban J connectivity index is 1.32. The second kappa shape index (κ2) is 9.70. The van der Waals surface area contributed by atoms with Crippen LogP contribution < -0.4 is 15.1 Å². The van der Waals surface area contributed by atoms with Crippen molar-refractivity contribution < 1.29 is 14.3 Å². The summed E-state index contributed by atoms with van der Waals surface area (Å²) in [6.45, 7) is 4.16. The Hall–Kier alpha value is -2.92. The van der Waals surface area contributed by atoms with Gasteiger partial charge in [-0.2, -0.15) is 0 Å². The Kier molecular flexibility index (Phi) is 6.75. The van der Waals surface area contributed by atoms with Gasteiger partial charge in [-0.05, 0) is 36.5 Å². The van der Waals surface area contributed by atoms with E-state index in [0.29, 0.717) is 18.8 Å². The number of pyridine rings is 1. The first-order valence-corrected chi connectivity index (χ1v) is 11.2. The lowest BCUT2D eigenvalue weighted by atomic mass is 10.2. The molecule has 2 fully saturated rings. The highest BCUT2D eigenvalue weighted by molar-refractivity contribution is 7.80. The van der Waals surface area contributed by atoms with Crippen LogP contribution in [0, 0.1) is 0 Å². The van der Waals surface area contributed by atoms with Gasteiger partial charge in [-0.1, -0.05) is 12.2 Å². The molecule has 4 heterocycles. The number of carbonyl (C=O) groups excluding carboxylic acids is 1. The Labute approximate surface area is 197 Å². The fourth-order valence-electron chi connectivity index (χ4n) is 3.82. The molecule has 9 nitrogen and oxygen atoms in total. The van der Waals surface area contributed by atoms with Crippen molar-refractivity contribution in [3.05, 3.63) is 42.4 Å². The normalized spacial score (nSPS) is 18.5. The van der Waals surface area contributed by atoms with Crippen molar-refractivity contribution in [2.75, 3.05) is 56.2 Å². The first kappa shape index (κ1) is 22.3. The summed E-state index contributed by atoms with van der Waals surface area (Å²) < 4.78 is 12.3. The molecule has 2 aromatic heterocycles. The molecule has 2 aliphatic rings. The minimum absolute atomic E-state index is 0.273.